The molecule has 7 heteroatoms. The highest BCUT2D eigenvalue weighted by Crippen LogP contribution is 2.16. The molecule has 1 aromatic rings. The van der Waals surface area contributed by atoms with Crippen molar-refractivity contribution >= 4 is 17.7 Å². The number of likely N-dealkylation sites (tertiary alicyclic amines) is 1. The summed E-state index contributed by atoms with van der Waals surface area (Å²) in [7, 11) is 0. The summed E-state index contributed by atoms with van der Waals surface area (Å²) in [5.74, 6) is 0.263. The van der Waals surface area contributed by atoms with Crippen LogP contribution in [0.15, 0.2) is 16.7 Å². The fraction of sp³-hybridized carbons (Fsp3) is 0.667. The second-order valence-corrected chi connectivity index (χ2v) is 8.39. The van der Waals surface area contributed by atoms with Crippen LogP contribution < -0.4 is 10.6 Å². The first-order chi connectivity index (χ1) is 13.2. The standard InChI is InChI=1S/C21H33N3O4/c1-13(2)12-17(25)23-18(14(3)4)21(27)24-9-6-16(7-10-24)22-20(26)19-15(5)8-11-28-19/h8,11,13-14,16,18H,6-7,9-10,12H2,1-5H3,(H,22,26)(H,23,25). The third kappa shape index (κ3) is 5.84. The Morgan fingerprint density at radius 3 is 2.32 bits per heavy atom. The van der Waals surface area contributed by atoms with Gasteiger partial charge in [-0.3, -0.25) is 14.4 Å². The molecule has 1 aliphatic heterocycles. The minimum absolute atomic E-state index is 0.00841. The molecule has 1 saturated heterocycles. The van der Waals surface area contributed by atoms with E-state index < -0.39 is 6.04 Å². The largest absolute Gasteiger partial charge is 0.459 e. The predicted octanol–water partition coefficient (Wildman–Crippen LogP) is 2.50. The van der Waals surface area contributed by atoms with Crippen molar-refractivity contribution in [1.29, 1.82) is 0 Å². The molecule has 2 N–H and O–H groups in total. The van der Waals surface area contributed by atoms with E-state index in [9.17, 15) is 14.4 Å². The summed E-state index contributed by atoms with van der Waals surface area (Å²) in [5, 5.41) is 5.89. The molecule has 0 spiro atoms. The van der Waals surface area contributed by atoms with Crippen molar-refractivity contribution in [2.45, 2.75) is 66.0 Å². The predicted molar refractivity (Wildman–Crippen MR) is 107 cm³/mol. The van der Waals surface area contributed by atoms with Gasteiger partial charge in [-0.15, -0.1) is 0 Å². The molecular weight excluding hydrogens is 358 g/mol. The second-order valence-electron chi connectivity index (χ2n) is 8.39. The summed E-state index contributed by atoms with van der Waals surface area (Å²) in [6.45, 7) is 10.8. The van der Waals surface area contributed by atoms with Crippen molar-refractivity contribution in [3.63, 3.8) is 0 Å². The zero-order chi connectivity index (χ0) is 20.8. The number of aryl methyl sites for hydroxylation is 1. The fourth-order valence-corrected chi connectivity index (χ4v) is 3.41. The van der Waals surface area contributed by atoms with E-state index in [-0.39, 0.29) is 35.6 Å². The number of hydrogen-bond acceptors (Lipinski definition) is 4. The normalized spacial score (nSPS) is 16.3. The van der Waals surface area contributed by atoms with Crippen LogP contribution in [-0.2, 0) is 9.59 Å². The van der Waals surface area contributed by atoms with Crippen LogP contribution in [0, 0.1) is 18.8 Å². The third-order valence-electron chi connectivity index (χ3n) is 5.05. The molecule has 0 aromatic carbocycles. The van der Waals surface area contributed by atoms with Gasteiger partial charge in [0.15, 0.2) is 5.76 Å². The lowest BCUT2D eigenvalue weighted by Crippen LogP contribution is -2.54. The lowest BCUT2D eigenvalue weighted by atomic mass is 9.99. The third-order valence-corrected chi connectivity index (χ3v) is 5.05. The summed E-state index contributed by atoms with van der Waals surface area (Å²) < 4.78 is 5.23. The number of amides is 3. The highest BCUT2D eigenvalue weighted by molar-refractivity contribution is 5.93. The summed E-state index contributed by atoms with van der Waals surface area (Å²) in [6.07, 6.45) is 3.28. The van der Waals surface area contributed by atoms with Gasteiger partial charge < -0.3 is 20.0 Å². The molecule has 2 rings (SSSR count). The van der Waals surface area contributed by atoms with Gasteiger partial charge in [0.05, 0.1) is 6.26 Å². The Morgan fingerprint density at radius 2 is 1.82 bits per heavy atom. The van der Waals surface area contributed by atoms with Crippen LogP contribution in [0.3, 0.4) is 0 Å². The maximum Gasteiger partial charge on any atom is 0.287 e. The number of furan rings is 1. The van der Waals surface area contributed by atoms with Crippen LogP contribution in [0.1, 0.15) is 63.1 Å². The molecule has 0 saturated carbocycles. The van der Waals surface area contributed by atoms with Gasteiger partial charge in [-0.1, -0.05) is 27.7 Å². The first-order valence-corrected chi connectivity index (χ1v) is 10.1. The summed E-state index contributed by atoms with van der Waals surface area (Å²) in [5.41, 5.74) is 0.807. The minimum atomic E-state index is -0.511. The number of nitrogens with one attached hydrogen (secondary N) is 2. The Labute approximate surface area is 167 Å². The lowest BCUT2D eigenvalue weighted by Gasteiger charge is -2.35. The molecule has 0 radical (unpaired) electrons. The molecule has 156 valence electrons. The molecule has 28 heavy (non-hydrogen) atoms. The molecule has 1 unspecified atom stereocenters. The molecule has 7 nitrogen and oxygen atoms in total. The fourth-order valence-electron chi connectivity index (χ4n) is 3.41. The molecule has 1 fully saturated rings. The molecule has 2 heterocycles. The molecule has 1 aromatic heterocycles. The number of rotatable bonds is 7. The van der Waals surface area contributed by atoms with Crippen LogP contribution in [0.5, 0.6) is 0 Å². The van der Waals surface area contributed by atoms with Gasteiger partial charge in [0.2, 0.25) is 11.8 Å². The quantitative estimate of drug-likeness (QED) is 0.747. The van der Waals surface area contributed by atoms with E-state index in [0.717, 1.165) is 5.56 Å². The monoisotopic (exact) mass is 391 g/mol. The Balaban J connectivity index is 1.88. The van der Waals surface area contributed by atoms with E-state index in [1.165, 1.54) is 6.26 Å². The van der Waals surface area contributed by atoms with Crippen LogP contribution in [0.4, 0.5) is 0 Å². The van der Waals surface area contributed by atoms with Crippen molar-refractivity contribution in [2.24, 2.45) is 11.8 Å². The number of carbonyl (C=O) groups excluding carboxylic acids is 3. The van der Waals surface area contributed by atoms with E-state index in [4.69, 9.17) is 4.42 Å². The SMILES string of the molecule is Cc1ccoc1C(=O)NC1CCN(C(=O)C(NC(=O)CC(C)C)C(C)C)CC1. The van der Waals surface area contributed by atoms with Crippen molar-refractivity contribution in [1.82, 2.24) is 15.5 Å². The van der Waals surface area contributed by atoms with Gasteiger partial charge in [0, 0.05) is 31.1 Å². The average molecular weight is 392 g/mol. The topological polar surface area (TPSA) is 91.7 Å². The van der Waals surface area contributed by atoms with Crippen LogP contribution in [0.25, 0.3) is 0 Å². The summed E-state index contributed by atoms with van der Waals surface area (Å²) in [4.78, 5) is 39.1. The second kappa shape index (κ2) is 9.75. The van der Waals surface area contributed by atoms with Gasteiger partial charge in [0.25, 0.3) is 5.91 Å². The van der Waals surface area contributed by atoms with Gasteiger partial charge in [-0.05, 0) is 37.7 Å². The van der Waals surface area contributed by atoms with Crippen molar-refractivity contribution in [2.75, 3.05) is 13.1 Å². The number of piperidine rings is 1. The molecule has 0 bridgehead atoms. The molecular formula is C21H33N3O4. The maximum absolute atomic E-state index is 12.9. The van der Waals surface area contributed by atoms with Crippen molar-refractivity contribution in [3.8, 4) is 0 Å². The Kier molecular flexibility index (Phi) is 7.66. The number of nitrogens with zero attached hydrogens (tertiary/aromatic N) is 1. The van der Waals surface area contributed by atoms with Gasteiger partial charge in [0.1, 0.15) is 6.04 Å². The van der Waals surface area contributed by atoms with E-state index in [1.54, 1.807) is 11.0 Å². The van der Waals surface area contributed by atoms with Gasteiger partial charge in [-0.25, -0.2) is 0 Å². The van der Waals surface area contributed by atoms with Gasteiger partial charge >= 0.3 is 0 Å². The minimum Gasteiger partial charge on any atom is -0.459 e. The molecule has 1 atom stereocenters. The Hall–Kier alpha value is -2.31. The van der Waals surface area contributed by atoms with Crippen LogP contribution in [0.2, 0.25) is 0 Å². The lowest BCUT2D eigenvalue weighted by molar-refractivity contribution is -0.138. The first-order valence-electron chi connectivity index (χ1n) is 10.1. The Bertz CT molecular complexity index is 688. The molecule has 1 aliphatic rings. The van der Waals surface area contributed by atoms with E-state index in [0.29, 0.717) is 38.1 Å². The van der Waals surface area contributed by atoms with Crippen LogP contribution in [-0.4, -0.2) is 47.8 Å². The van der Waals surface area contributed by atoms with Crippen molar-refractivity contribution < 1.29 is 18.8 Å². The smallest absolute Gasteiger partial charge is 0.287 e. The van der Waals surface area contributed by atoms with E-state index in [2.05, 4.69) is 10.6 Å². The summed E-state index contributed by atoms with van der Waals surface area (Å²) >= 11 is 0. The highest BCUT2D eigenvalue weighted by atomic mass is 16.3. The van der Waals surface area contributed by atoms with E-state index >= 15 is 0 Å². The van der Waals surface area contributed by atoms with E-state index in [1.807, 2.05) is 34.6 Å². The summed E-state index contributed by atoms with van der Waals surface area (Å²) in [6, 6.07) is 1.26. The molecule has 0 aliphatic carbocycles. The number of carbonyl (C=O) groups is 3. The average Bonchev–Trinajstić information content (AvgIpc) is 3.05. The zero-order valence-electron chi connectivity index (χ0n) is 17.6. The molecule has 3 amide bonds. The highest BCUT2D eigenvalue weighted by Gasteiger charge is 2.32. The van der Waals surface area contributed by atoms with Gasteiger partial charge in [-0.2, -0.15) is 0 Å². The first kappa shape index (κ1) is 22.0. The van der Waals surface area contributed by atoms with Crippen LogP contribution >= 0.6 is 0 Å². The zero-order valence-corrected chi connectivity index (χ0v) is 17.6. The Morgan fingerprint density at radius 1 is 1.18 bits per heavy atom. The van der Waals surface area contributed by atoms with Crippen molar-refractivity contribution in [3.05, 3.63) is 23.7 Å². The number of hydrogen-bond donors (Lipinski definition) is 2. The maximum atomic E-state index is 12.9.